The SMILES string of the molecule is CC(Oc1ccc(Cl)c(Cl)c1)C(=O)N1CCCC1CC(=O)O. The van der Waals surface area contributed by atoms with E-state index >= 15 is 0 Å². The van der Waals surface area contributed by atoms with E-state index in [4.69, 9.17) is 33.0 Å². The Morgan fingerprint density at radius 2 is 2.14 bits per heavy atom. The first-order chi connectivity index (χ1) is 10.4. The quantitative estimate of drug-likeness (QED) is 0.889. The highest BCUT2D eigenvalue weighted by Crippen LogP contribution is 2.28. The first kappa shape index (κ1) is 16.9. The molecule has 0 aromatic heterocycles. The number of halogens is 2. The molecule has 0 saturated carbocycles. The number of likely N-dealkylation sites (tertiary alicyclic amines) is 1. The van der Waals surface area contributed by atoms with Crippen LogP contribution < -0.4 is 4.74 Å². The molecule has 7 heteroatoms. The molecule has 5 nitrogen and oxygen atoms in total. The minimum Gasteiger partial charge on any atom is -0.481 e. The number of carboxylic acid groups (broad SMARTS) is 1. The topological polar surface area (TPSA) is 66.8 Å². The highest BCUT2D eigenvalue weighted by atomic mass is 35.5. The van der Waals surface area contributed by atoms with Gasteiger partial charge < -0.3 is 14.7 Å². The highest BCUT2D eigenvalue weighted by molar-refractivity contribution is 6.42. The summed E-state index contributed by atoms with van der Waals surface area (Å²) in [4.78, 5) is 24.9. The Labute approximate surface area is 138 Å². The largest absolute Gasteiger partial charge is 0.481 e. The molecule has 1 saturated heterocycles. The Balaban J connectivity index is 2.01. The third kappa shape index (κ3) is 4.05. The van der Waals surface area contributed by atoms with E-state index in [1.807, 2.05) is 0 Å². The van der Waals surface area contributed by atoms with Gasteiger partial charge in [-0.3, -0.25) is 9.59 Å². The van der Waals surface area contributed by atoms with Crippen LogP contribution in [0.1, 0.15) is 26.2 Å². The fourth-order valence-electron chi connectivity index (χ4n) is 2.58. The van der Waals surface area contributed by atoms with Gasteiger partial charge in [-0.2, -0.15) is 0 Å². The molecule has 22 heavy (non-hydrogen) atoms. The average Bonchev–Trinajstić information content (AvgIpc) is 2.89. The number of nitrogens with zero attached hydrogens (tertiary/aromatic N) is 1. The van der Waals surface area contributed by atoms with Crippen molar-refractivity contribution < 1.29 is 19.4 Å². The molecule has 0 aliphatic carbocycles. The van der Waals surface area contributed by atoms with Crippen LogP contribution in [-0.2, 0) is 9.59 Å². The molecule has 1 aliphatic heterocycles. The summed E-state index contributed by atoms with van der Waals surface area (Å²) in [5, 5.41) is 9.67. The molecule has 2 rings (SSSR count). The molecule has 2 unspecified atom stereocenters. The predicted octanol–water partition coefficient (Wildman–Crippen LogP) is 3.23. The number of rotatable bonds is 5. The van der Waals surface area contributed by atoms with E-state index < -0.39 is 12.1 Å². The van der Waals surface area contributed by atoms with Crippen LogP contribution in [0.3, 0.4) is 0 Å². The zero-order valence-electron chi connectivity index (χ0n) is 12.1. The van der Waals surface area contributed by atoms with E-state index in [1.165, 1.54) is 0 Å². The van der Waals surface area contributed by atoms with Crippen LogP contribution in [0, 0.1) is 0 Å². The van der Waals surface area contributed by atoms with Gasteiger partial charge >= 0.3 is 5.97 Å². The number of carbonyl (C=O) groups excluding carboxylic acids is 1. The molecule has 0 bridgehead atoms. The maximum Gasteiger partial charge on any atom is 0.305 e. The number of carboxylic acids is 1. The van der Waals surface area contributed by atoms with Gasteiger partial charge in [0.05, 0.1) is 16.5 Å². The highest BCUT2D eigenvalue weighted by Gasteiger charge is 2.33. The summed E-state index contributed by atoms with van der Waals surface area (Å²) in [7, 11) is 0. The molecule has 1 aromatic rings. The molecule has 2 atom stereocenters. The van der Waals surface area contributed by atoms with Crippen LogP contribution >= 0.6 is 23.2 Å². The van der Waals surface area contributed by atoms with Gasteiger partial charge in [-0.05, 0) is 31.9 Å². The van der Waals surface area contributed by atoms with Crippen LogP contribution in [0.25, 0.3) is 0 Å². The Morgan fingerprint density at radius 3 is 2.77 bits per heavy atom. The zero-order chi connectivity index (χ0) is 16.3. The molecular formula is C15H17Cl2NO4. The lowest BCUT2D eigenvalue weighted by molar-refractivity contribution is -0.142. The number of amides is 1. The predicted molar refractivity (Wildman–Crippen MR) is 83.5 cm³/mol. The Bertz CT molecular complexity index is 579. The van der Waals surface area contributed by atoms with Crippen molar-refractivity contribution in [3.05, 3.63) is 28.2 Å². The average molecular weight is 346 g/mol. The van der Waals surface area contributed by atoms with Crippen molar-refractivity contribution in [1.82, 2.24) is 4.90 Å². The summed E-state index contributed by atoms with van der Waals surface area (Å²) >= 11 is 11.7. The van der Waals surface area contributed by atoms with Gasteiger partial charge in [0.15, 0.2) is 6.10 Å². The van der Waals surface area contributed by atoms with Gasteiger partial charge in [0.1, 0.15) is 5.75 Å². The van der Waals surface area contributed by atoms with E-state index in [9.17, 15) is 9.59 Å². The van der Waals surface area contributed by atoms with Crippen molar-refractivity contribution in [2.24, 2.45) is 0 Å². The Kier molecular flexibility index (Phi) is 5.53. The minimum absolute atomic E-state index is 0.0365. The summed E-state index contributed by atoms with van der Waals surface area (Å²) in [6.45, 7) is 2.20. The van der Waals surface area contributed by atoms with Gasteiger partial charge in [-0.15, -0.1) is 0 Å². The summed E-state index contributed by atoms with van der Waals surface area (Å²) in [6.07, 6.45) is 0.762. The van der Waals surface area contributed by atoms with Crippen molar-refractivity contribution in [2.45, 2.75) is 38.3 Å². The van der Waals surface area contributed by atoms with E-state index in [2.05, 4.69) is 0 Å². The molecule has 1 N–H and O–H groups in total. The van der Waals surface area contributed by atoms with Gasteiger partial charge in [0, 0.05) is 18.7 Å². The number of hydrogen-bond acceptors (Lipinski definition) is 3. The molecule has 0 radical (unpaired) electrons. The molecule has 120 valence electrons. The molecule has 1 aromatic carbocycles. The van der Waals surface area contributed by atoms with E-state index in [1.54, 1.807) is 30.0 Å². The maximum absolute atomic E-state index is 12.4. The van der Waals surface area contributed by atoms with E-state index in [-0.39, 0.29) is 18.4 Å². The summed E-state index contributed by atoms with van der Waals surface area (Å²) < 4.78 is 5.60. The molecule has 1 heterocycles. The standard InChI is InChI=1S/C15H17Cl2NO4/c1-9(22-11-4-5-12(16)13(17)8-11)15(21)18-6-2-3-10(18)7-14(19)20/h4-5,8-10H,2-3,6-7H2,1H3,(H,19,20). The molecule has 1 amide bonds. The lowest BCUT2D eigenvalue weighted by atomic mass is 10.1. The summed E-state index contributed by atoms with van der Waals surface area (Å²) in [5.74, 6) is -0.665. The number of ether oxygens (including phenoxy) is 1. The molecular weight excluding hydrogens is 329 g/mol. The van der Waals surface area contributed by atoms with Crippen molar-refractivity contribution in [3.63, 3.8) is 0 Å². The van der Waals surface area contributed by atoms with Crippen molar-refractivity contribution in [1.29, 1.82) is 0 Å². The third-order valence-electron chi connectivity index (χ3n) is 3.62. The van der Waals surface area contributed by atoms with Gasteiger partial charge in [0.2, 0.25) is 0 Å². The number of benzene rings is 1. The zero-order valence-corrected chi connectivity index (χ0v) is 13.6. The monoisotopic (exact) mass is 345 g/mol. The fourth-order valence-corrected chi connectivity index (χ4v) is 2.87. The lowest BCUT2D eigenvalue weighted by Crippen LogP contribution is -2.43. The van der Waals surface area contributed by atoms with Crippen LogP contribution in [0.5, 0.6) is 5.75 Å². The smallest absolute Gasteiger partial charge is 0.305 e. The number of carbonyl (C=O) groups is 2. The lowest BCUT2D eigenvalue weighted by Gasteiger charge is -2.26. The van der Waals surface area contributed by atoms with Crippen LogP contribution in [-0.4, -0.2) is 40.6 Å². The Hall–Kier alpha value is -1.46. The maximum atomic E-state index is 12.4. The minimum atomic E-state index is -0.900. The van der Waals surface area contributed by atoms with Gasteiger partial charge in [-0.25, -0.2) is 0 Å². The third-order valence-corrected chi connectivity index (χ3v) is 4.36. The van der Waals surface area contributed by atoms with Crippen LogP contribution in [0.15, 0.2) is 18.2 Å². The molecule has 1 fully saturated rings. The van der Waals surface area contributed by atoms with Gasteiger partial charge in [-0.1, -0.05) is 23.2 Å². The van der Waals surface area contributed by atoms with E-state index in [0.717, 1.165) is 6.42 Å². The summed E-state index contributed by atoms with van der Waals surface area (Å²) in [5.41, 5.74) is 0. The first-order valence-corrected chi connectivity index (χ1v) is 7.78. The fraction of sp³-hybridized carbons (Fsp3) is 0.467. The second-order valence-corrected chi connectivity index (χ2v) is 6.08. The molecule has 0 spiro atoms. The number of aliphatic carboxylic acids is 1. The second-order valence-electron chi connectivity index (χ2n) is 5.26. The second kappa shape index (κ2) is 7.20. The first-order valence-electron chi connectivity index (χ1n) is 7.02. The Morgan fingerprint density at radius 1 is 1.41 bits per heavy atom. The van der Waals surface area contributed by atoms with Crippen molar-refractivity contribution >= 4 is 35.1 Å². The van der Waals surface area contributed by atoms with Crippen molar-refractivity contribution in [2.75, 3.05) is 6.54 Å². The van der Waals surface area contributed by atoms with Gasteiger partial charge in [0.25, 0.3) is 5.91 Å². The van der Waals surface area contributed by atoms with E-state index in [0.29, 0.717) is 28.8 Å². The van der Waals surface area contributed by atoms with Crippen LogP contribution in [0.4, 0.5) is 0 Å². The molecule has 1 aliphatic rings. The number of hydrogen-bond donors (Lipinski definition) is 1. The normalized spacial score (nSPS) is 19.0. The summed E-state index contributed by atoms with van der Waals surface area (Å²) in [6, 6.07) is 4.52. The van der Waals surface area contributed by atoms with Crippen LogP contribution in [0.2, 0.25) is 10.0 Å². The van der Waals surface area contributed by atoms with Crippen molar-refractivity contribution in [3.8, 4) is 5.75 Å².